The number of rotatable bonds is 6. The number of amides is 2. The molecule has 7 nitrogen and oxygen atoms in total. The fraction of sp³-hybridized carbons (Fsp3) is 0.158. The van der Waals surface area contributed by atoms with E-state index in [4.69, 9.17) is 0 Å². The SMILES string of the molecule is Cc1nc(SCC(=O)NNC(=O)c2cccs2)[nH]c(=O)c1Cc1ccccc1. The number of aromatic amines is 1. The third-order valence-electron chi connectivity index (χ3n) is 3.82. The molecule has 0 aliphatic heterocycles. The molecule has 0 saturated heterocycles. The van der Waals surface area contributed by atoms with Gasteiger partial charge < -0.3 is 4.98 Å². The summed E-state index contributed by atoms with van der Waals surface area (Å²) < 4.78 is 0. The molecule has 0 spiro atoms. The van der Waals surface area contributed by atoms with E-state index in [1.165, 1.54) is 11.3 Å². The molecule has 144 valence electrons. The van der Waals surface area contributed by atoms with Gasteiger partial charge in [-0.1, -0.05) is 48.2 Å². The first-order valence-corrected chi connectivity index (χ1v) is 10.3. The molecule has 3 rings (SSSR count). The number of thiophene rings is 1. The molecule has 2 aromatic heterocycles. The van der Waals surface area contributed by atoms with Gasteiger partial charge in [0, 0.05) is 17.7 Å². The smallest absolute Gasteiger partial charge is 0.279 e. The van der Waals surface area contributed by atoms with Gasteiger partial charge in [-0.15, -0.1) is 11.3 Å². The maximum absolute atomic E-state index is 12.4. The number of aromatic nitrogens is 2. The number of H-pyrrole nitrogens is 1. The van der Waals surface area contributed by atoms with Crippen molar-refractivity contribution in [3.05, 3.63) is 79.9 Å². The molecular formula is C19H18N4O3S2. The van der Waals surface area contributed by atoms with Crippen molar-refractivity contribution in [2.24, 2.45) is 0 Å². The Bertz CT molecular complexity index is 1020. The highest BCUT2D eigenvalue weighted by atomic mass is 32.2. The van der Waals surface area contributed by atoms with Crippen LogP contribution >= 0.6 is 23.1 Å². The first kappa shape index (κ1) is 19.8. The highest BCUT2D eigenvalue weighted by Crippen LogP contribution is 2.14. The van der Waals surface area contributed by atoms with Crippen LogP contribution in [0.1, 0.15) is 26.5 Å². The second kappa shape index (κ2) is 9.34. The second-order valence-corrected chi connectivity index (χ2v) is 7.78. The number of nitrogens with one attached hydrogen (secondary N) is 3. The van der Waals surface area contributed by atoms with Gasteiger partial charge in [-0.25, -0.2) is 4.98 Å². The molecule has 0 aliphatic carbocycles. The molecule has 0 aliphatic rings. The Labute approximate surface area is 169 Å². The molecule has 1 aromatic carbocycles. The van der Waals surface area contributed by atoms with Crippen molar-refractivity contribution in [3.63, 3.8) is 0 Å². The average Bonchev–Trinajstić information content (AvgIpc) is 3.23. The van der Waals surface area contributed by atoms with Crippen LogP contribution in [0.25, 0.3) is 0 Å². The van der Waals surface area contributed by atoms with E-state index in [0.29, 0.717) is 27.7 Å². The Morgan fingerprint density at radius 1 is 1.14 bits per heavy atom. The van der Waals surface area contributed by atoms with Gasteiger partial charge in [-0.2, -0.15) is 0 Å². The van der Waals surface area contributed by atoms with Crippen LogP contribution in [0.4, 0.5) is 0 Å². The molecule has 0 fully saturated rings. The van der Waals surface area contributed by atoms with Crippen LogP contribution < -0.4 is 16.4 Å². The minimum atomic E-state index is -0.399. The third-order valence-corrected chi connectivity index (χ3v) is 5.57. The fourth-order valence-corrected chi connectivity index (χ4v) is 3.75. The summed E-state index contributed by atoms with van der Waals surface area (Å²) in [7, 11) is 0. The summed E-state index contributed by atoms with van der Waals surface area (Å²) in [5.41, 5.74) is 6.72. The maximum atomic E-state index is 12.4. The third kappa shape index (κ3) is 5.30. The Kier molecular flexibility index (Phi) is 6.62. The van der Waals surface area contributed by atoms with Crippen molar-refractivity contribution in [1.29, 1.82) is 0 Å². The number of carbonyl (C=O) groups excluding carboxylic acids is 2. The molecule has 2 heterocycles. The Hall–Kier alpha value is -2.91. The van der Waals surface area contributed by atoms with Crippen LogP contribution in [0.15, 0.2) is 57.8 Å². The summed E-state index contributed by atoms with van der Waals surface area (Å²) in [5, 5.41) is 2.14. The van der Waals surface area contributed by atoms with E-state index in [2.05, 4.69) is 20.8 Å². The van der Waals surface area contributed by atoms with Gasteiger partial charge in [0.25, 0.3) is 11.5 Å². The maximum Gasteiger partial charge on any atom is 0.279 e. The monoisotopic (exact) mass is 414 g/mol. The number of aryl methyl sites for hydroxylation is 1. The largest absolute Gasteiger partial charge is 0.301 e. The van der Waals surface area contributed by atoms with Crippen molar-refractivity contribution in [2.75, 3.05) is 5.75 Å². The van der Waals surface area contributed by atoms with Gasteiger partial charge >= 0.3 is 0 Å². The van der Waals surface area contributed by atoms with Gasteiger partial charge in [0.1, 0.15) is 0 Å². The predicted octanol–water partition coefficient (Wildman–Crippen LogP) is 2.28. The normalized spacial score (nSPS) is 10.5. The first-order chi connectivity index (χ1) is 13.5. The van der Waals surface area contributed by atoms with Crippen molar-refractivity contribution in [1.82, 2.24) is 20.8 Å². The van der Waals surface area contributed by atoms with Crippen molar-refractivity contribution in [3.8, 4) is 0 Å². The molecule has 28 heavy (non-hydrogen) atoms. The van der Waals surface area contributed by atoms with Crippen LogP contribution in [-0.2, 0) is 11.2 Å². The Morgan fingerprint density at radius 3 is 2.61 bits per heavy atom. The van der Waals surface area contributed by atoms with Crippen LogP contribution in [0, 0.1) is 6.92 Å². The number of hydrogen-bond donors (Lipinski definition) is 3. The zero-order chi connectivity index (χ0) is 19.9. The summed E-state index contributed by atoms with van der Waals surface area (Å²) in [6.07, 6.45) is 0.495. The van der Waals surface area contributed by atoms with Crippen LogP contribution in [0.5, 0.6) is 0 Å². The van der Waals surface area contributed by atoms with Gasteiger partial charge in [-0.05, 0) is 23.9 Å². The Balaban J connectivity index is 1.55. The molecule has 0 unspecified atom stereocenters. The average molecular weight is 415 g/mol. The van der Waals surface area contributed by atoms with E-state index < -0.39 is 5.91 Å². The summed E-state index contributed by atoms with van der Waals surface area (Å²) >= 11 is 2.37. The molecule has 0 bridgehead atoms. The van der Waals surface area contributed by atoms with Gasteiger partial charge in [0.15, 0.2) is 5.16 Å². The van der Waals surface area contributed by atoms with Gasteiger partial charge in [0.05, 0.1) is 10.6 Å². The highest BCUT2D eigenvalue weighted by Gasteiger charge is 2.12. The zero-order valence-corrected chi connectivity index (χ0v) is 16.7. The van der Waals surface area contributed by atoms with Crippen molar-refractivity contribution >= 4 is 34.9 Å². The number of benzene rings is 1. The van der Waals surface area contributed by atoms with Crippen LogP contribution in [-0.4, -0.2) is 27.5 Å². The predicted molar refractivity (Wildman–Crippen MR) is 109 cm³/mol. The molecule has 0 atom stereocenters. The minimum Gasteiger partial charge on any atom is -0.301 e. The number of thioether (sulfide) groups is 1. The van der Waals surface area contributed by atoms with Crippen molar-refractivity contribution in [2.45, 2.75) is 18.5 Å². The lowest BCUT2D eigenvalue weighted by atomic mass is 10.1. The second-order valence-electron chi connectivity index (χ2n) is 5.87. The molecule has 3 N–H and O–H groups in total. The number of carbonyl (C=O) groups is 2. The summed E-state index contributed by atoms with van der Waals surface area (Å²) in [5.74, 6) is -0.768. The first-order valence-electron chi connectivity index (χ1n) is 8.42. The fourth-order valence-electron chi connectivity index (χ4n) is 2.43. The van der Waals surface area contributed by atoms with E-state index in [0.717, 1.165) is 17.3 Å². The summed E-state index contributed by atoms with van der Waals surface area (Å²) in [4.78, 5) is 43.7. The molecule has 0 saturated carbocycles. The van der Waals surface area contributed by atoms with E-state index in [1.54, 1.807) is 24.4 Å². The zero-order valence-electron chi connectivity index (χ0n) is 15.0. The number of hydrogen-bond acceptors (Lipinski definition) is 6. The highest BCUT2D eigenvalue weighted by molar-refractivity contribution is 7.99. The standard InChI is InChI=1S/C19H18N4O3S2/c1-12-14(10-13-6-3-2-4-7-13)17(25)21-19(20-12)28-11-16(24)22-23-18(26)15-8-5-9-27-15/h2-9H,10-11H2,1H3,(H,22,24)(H,23,26)(H,20,21,25). The van der Waals surface area contributed by atoms with Crippen LogP contribution in [0.3, 0.4) is 0 Å². The quantitative estimate of drug-likeness (QED) is 0.326. The molecule has 2 amide bonds. The van der Waals surface area contributed by atoms with E-state index >= 15 is 0 Å². The minimum absolute atomic E-state index is 0.00509. The Morgan fingerprint density at radius 2 is 1.93 bits per heavy atom. The topological polar surface area (TPSA) is 104 Å². The summed E-state index contributed by atoms with van der Waals surface area (Å²) in [6.45, 7) is 1.78. The van der Waals surface area contributed by atoms with Gasteiger partial charge in [0.2, 0.25) is 5.91 Å². The number of nitrogens with zero attached hydrogens (tertiary/aromatic N) is 1. The summed E-state index contributed by atoms with van der Waals surface area (Å²) in [6, 6.07) is 13.1. The lowest BCUT2D eigenvalue weighted by Crippen LogP contribution is -2.42. The lowest BCUT2D eigenvalue weighted by molar-refractivity contribution is -0.119. The van der Waals surface area contributed by atoms with E-state index in [9.17, 15) is 14.4 Å². The van der Waals surface area contributed by atoms with Crippen molar-refractivity contribution < 1.29 is 9.59 Å². The molecule has 3 aromatic rings. The van der Waals surface area contributed by atoms with Gasteiger partial charge in [-0.3, -0.25) is 25.2 Å². The van der Waals surface area contributed by atoms with E-state index in [-0.39, 0.29) is 17.2 Å². The molecule has 9 heteroatoms. The van der Waals surface area contributed by atoms with Crippen LogP contribution in [0.2, 0.25) is 0 Å². The molecular weight excluding hydrogens is 396 g/mol. The number of hydrazine groups is 1. The van der Waals surface area contributed by atoms with E-state index in [1.807, 2.05) is 30.3 Å². The molecule has 0 radical (unpaired) electrons. The lowest BCUT2D eigenvalue weighted by Gasteiger charge is -2.08.